The Morgan fingerprint density at radius 2 is 1.83 bits per heavy atom. The third kappa shape index (κ3) is 4.06. The van der Waals surface area contributed by atoms with Crippen molar-refractivity contribution in [2.24, 2.45) is 0 Å². The summed E-state index contributed by atoms with van der Waals surface area (Å²) in [6.45, 7) is 4.79. The molecule has 18 heavy (non-hydrogen) atoms. The molecule has 0 aliphatic carbocycles. The molecule has 102 valence electrons. The molecule has 6 heteroatoms. The van der Waals surface area contributed by atoms with Gasteiger partial charge in [0.1, 0.15) is 0 Å². The van der Waals surface area contributed by atoms with E-state index in [1.807, 2.05) is 6.07 Å². The van der Waals surface area contributed by atoms with Crippen LogP contribution in [0.5, 0.6) is 0 Å². The second-order valence-electron chi connectivity index (χ2n) is 4.73. The van der Waals surface area contributed by atoms with Gasteiger partial charge in [-0.25, -0.2) is 0 Å². The van der Waals surface area contributed by atoms with Crippen molar-refractivity contribution in [2.75, 3.05) is 6.61 Å². The maximum absolute atomic E-state index is 11.9. The fourth-order valence-electron chi connectivity index (χ4n) is 1.62. The highest BCUT2D eigenvalue weighted by atomic mass is 32.2. The van der Waals surface area contributed by atoms with Gasteiger partial charge in [0.2, 0.25) is 0 Å². The van der Waals surface area contributed by atoms with Gasteiger partial charge in [0.05, 0.1) is 12.1 Å². The zero-order valence-corrected chi connectivity index (χ0v) is 11.7. The van der Waals surface area contributed by atoms with Crippen molar-refractivity contribution < 1.29 is 13.5 Å². The molecule has 0 heterocycles. The molecule has 0 bridgehead atoms. The Hall–Kier alpha value is -0.950. The standard InChI is InChI=1S/C12H20N2O3S/c1-10(2)13-18(16,17)14-12(3,9-15)11-7-5-4-6-8-11/h4-8,10,13-15H,9H2,1-3H3. The lowest BCUT2D eigenvalue weighted by molar-refractivity contribution is 0.195. The van der Waals surface area contributed by atoms with Crippen LogP contribution in [0.3, 0.4) is 0 Å². The number of nitrogens with one attached hydrogen (secondary N) is 2. The van der Waals surface area contributed by atoms with Crippen LogP contribution in [-0.2, 0) is 15.7 Å². The Balaban J connectivity index is 2.97. The van der Waals surface area contributed by atoms with Crippen LogP contribution in [0.2, 0.25) is 0 Å². The number of aliphatic hydroxyl groups is 1. The number of rotatable bonds is 6. The van der Waals surface area contributed by atoms with Crippen molar-refractivity contribution in [1.29, 1.82) is 0 Å². The summed E-state index contributed by atoms with van der Waals surface area (Å²) in [5.74, 6) is 0. The molecule has 0 aromatic heterocycles. The van der Waals surface area contributed by atoms with Crippen molar-refractivity contribution in [1.82, 2.24) is 9.44 Å². The Kier molecular flexibility index (Phi) is 4.86. The lowest BCUT2D eigenvalue weighted by Crippen LogP contribution is -2.51. The summed E-state index contributed by atoms with van der Waals surface area (Å²) in [7, 11) is -3.66. The zero-order chi connectivity index (χ0) is 13.8. The molecule has 3 N–H and O–H groups in total. The van der Waals surface area contributed by atoms with E-state index in [2.05, 4.69) is 9.44 Å². The molecule has 1 aromatic carbocycles. The first-order valence-corrected chi connectivity index (χ1v) is 7.25. The molecule has 0 amide bonds. The van der Waals surface area contributed by atoms with Gasteiger partial charge in [0.15, 0.2) is 0 Å². The number of hydrogen-bond donors (Lipinski definition) is 3. The number of benzene rings is 1. The number of aliphatic hydroxyl groups excluding tert-OH is 1. The largest absolute Gasteiger partial charge is 0.394 e. The van der Waals surface area contributed by atoms with Crippen LogP contribution in [0, 0.1) is 0 Å². The molecule has 0 radical (unpaired) electrons. The molecule has 1 unspecified atom stereocenters. The predicted molar refractivity (Wildman–Crippen MR) is 71.2 cm³/mol. The highest BCUT2D eigenvalue weighted by molar-refractivity contribution is 7.87. The van der Waals surface area contributed by atoms with Crippen LogP contribution in [0.25, 0.3) is 0 Å². The van der Waals surface area contributed by atoms with Crippen molar-refractivity contribution in [3.8, 4) is 0 Å². The third-order valence-electron chi connectivity index (χ3n) is 2.48. The molecule has 0 saturated heterocycles. The quantitative estimate of drug-likeness (QED) is 0.714. The first-order valence-electron chi connectivity index (χ1n) is 5.77. The Morgan fingerprint density at radius 3 is 2.28 bits per heavy atom. The van der Waals surface area contributed by atoms with E-state index < -0.39 is 15.7 Å². The fourth-order valence-corrected chi connectivity index (χ4v) is 3.08. The molecule has 1 atom stereocenters. The molecular formula is C12H20N2O3S. The average molecular weight is 272 g/mol. The molecule has 0 fully saturated rings. The van der Waals surface area contributed by atoms with Crippen LogP contribution in [0.4, 0.5) is 0 Å². The van der Waals surface area contributed by atoms with E-state index in [1.54, 1.807) is 45.0 Å². The van der Waals surface area contributed by atoms with E-state index in [4.69, 9.17) is 0 Å². The van der Waals surface area contributed by atoms with Crippen molar-refractivity contribution in [3.63, 3.8) is 0 Å². The van der Waals surface area contributed by atoms with Crippen LogP contribution in [0.15, 0.2) is 30.3 Å². The van der Waals surface area contributed by atoms with Gasteiger partial charge in [-0.2, -0.15) is 17.9 Å². The van der Waals surface area contributed by atoms with Gasteiger partial charge in [-0.1, -0.05) is 30.3 Å². The highest BCUT2D eigenvalue weighted by Crippen LogP contribution is 2.20. The van der Waals surface area contributed by atoms with Crippen molar-refractivity contribution >= 4 is 10.2 Å². The normalized spacial score (nSPS) is 15.6. The molecule has 1 aromatic rings. The van der Waals surface area contributed by atoms with E-state index in [9.17, 15) is 13.5 Å². The second-order valence-corrected chi connectivity index (χ2v) is 6.18. The Labute approximate surface area is 108 Å². The van der Waals surface area contributed by atoms with E-state index >= 15 is 0 Å². The predicted octanol–water partition coefficient (Wildman–Crippen LogP) is 0.727. The Morgan fingerprint density at radius 1 is 1.28 bits per heavy atom. The van der Waals surface area contributed by atoms with Gasteiger partial charge < -0.3 is 5.11 Å². The van der Waals surface area contributed by atoms with Crippen LogP contribution < -0.4 is 9.44 Å². The lowest BCUT2D eigenvalue weighted by Gasteiger charge is -2.29. The van der Waals surface area contributed by atoms with Gasteiger partial charge in [0.25, 0.3) is 10.2 Å². The fraction of sp³-hybridized carbons (Fsp3) is 0.500. The molecule has 5 nitrogen and oxygen atoms in total. The average Bonchev–Trinajstić information content (AvgIpc) is 2.27. The molecular weight excluding hydrogens is 252 g/mol. The summed E-state index contributed by atoms with van der Waals surface area (Å²) in [4.78, 5) is 0. The van der Waals surface area contributed by atoms with E-state index in [0.29, 0.717) is 5.56 Å². The molecule has 0 aliphatic rings. The lowest BCUT2D eigenvalue weighted by atomic mass is 9.94. The maximum Gasteiger partial charge on any atom is 0.278 e. The van der Waals surface area contributed by atoms with Gasteiger partial charge in [0, 0.05) is 6.04 Å². The molecule has 0 aliphatic heterocycles. The second kappa shape index (κ2) is 5.79. The highest BCUT2D eigenvalue weighted by Gasteiger charge is 2.31. The summed E-state index contributed by atoms with van der Waals surface area (Å²) < 4.78 is 28.6. The summed E-state index contributed by atoms with van der Waals surface area (Å²) in [6, 6.07) is 8.77. The van der Waals surface area contributed by atoms with Crippen molar-refractivity contribution in [3.05, 3.63) is 35.9 Å². The van der Waals surface area contributed by atoms with Gasteiger partial charge in [-0.05, 0) is 26.3 Å². The van der Waals surface area contributed by atoms with Gasteiger partial charge in [-0.3, -0.25) is 0 Å². The zero-order valence-electron chi connectivity index (χ0n) is 10.8. The SMILES string of the molecule is CC(C)NS(=O)(=O)NC(C)(CO)c1ccccc1. The monoisotopic (exact) mass is 272 g/mol. The first-order chi connectivity index (χ1) is 8.29. The van der Waals surface area contributed by atoms with E-state index in [0.717, 1.165) is 0 Å². The Bertz CT molecular complexity index is 473. The summed E-state index contributed by atoms with van der Waals surface area (Å²) in [6.07, 6.45) is 0. The minimum Gasteiger partial charge on any atom is -0.394 e. The van der Waals surface area contributed by atoms with E-state index in [-0.39, 0.29) is 12.6 Å². The van der Waals surface area contributed by atoms with Crippen LogP contribution >= 0.6 is 0 Å². The molecule has 1 rings (SSSR count). The first kappa shape index (κ1) is 15.1. The maximum atomic E-state index is 11.9. The third-order valence-corrected chi connectivity index (χ3v) is 3.98. The molecule has 0 spiro atoms. The van der Waals surface area contributed by atoms with Crippen molar-refractivity contribution in [2.45, 2.75) is 32.4 Å². The number of hydrogen-bond acceptors (Lipinski definition) is 3. The summed E-state index contributed by atoms with van der Waals surface area (Å²) in [5.41, 5.74) is -0.330. The van der Waals surface area contributed by atoms with Gasteiger partial charge >= 0.3 is 0 Å². The topological polar surface area (TPSA) is 78.4 Å². The van der Waals surface area contributed by atoms with Gasteiger partial charge in [-0.15, -0.1) is 0 Å². The van der Waals surface area contributed by atoms with E-state index in [1.165, 1.54) is 0 Å². The van der Waals surface area contributed by atoms with Crippen LogP contribution in [0.1, 0.15) is 26.3 Å². The minimum atomic E-state index is -3.66. The summed E-state index contributed by atoms with van der Waals surface area (Å²) >= 11 is 0. The summed E-state index contributed by atoms with van der Waals surface area (Å²) in [5, 5.41) is 9.48. The van der Waals surface area contributed by atoms with Crippen LogP contribution in [-0.4, -0.2) is 26.2 Å². The molecule has 0 saturated carbocycles. The minimum absolute atomic E-state index is 0.207. The smallest absolute Gasteiger partial charge is 0.278 e.